The van der Waals surface area contributed by atoms with Crippen LogP contribution in [0.3, 0.4) is 0 Å². The van der Waals surface area contributed by atoms with Crippen molar-refractivity contribution in [1.29, 1.82) is 0 Å². The molecule has 0 bridgehead atoms. The van der Waals surface area contributed by atoms with Crippen LogP contribution in [0.1, 0.15) is 17.3 Å². The molecule has 1 amide bonds. The van der Waals surface area contributed by atoms with Crippen LogP contribution in [0.25, 0.3) is 0 Å². The predicted octanol–water partition coefficient (Wildman–Crippen LogP) is 1.72. The van der Waals surface area contributed by atoms with Gasteiger partial charge in [0.05, 0.1) is 5.56 Å². The lowest BCUT2D eigenvalue weighted by Gasteiger charge is -2.36. The van der Waals surface area contributed by atoms with E-state index in [0.717, 1.165) is 64.6 Å². The fourth-order valence-electron chi connectivity index (χ4n) is 3.86. The van der Waals surface area contributed by atoms with Gasteiger partial charge in [-0.2, -0.15) is 0 Å². The molecule has 2 aromatic rings. The Hall–Kier alpha value is -2.74. The number of hydrogen-bond donors (Lipinski definition) is 0. The summed E-state index contributed by atoms with van der Waals surface area (Å²) in [5.41, 5.74) is 1.57. The van der Waals surface area contributed by atoms with Crippen molar-refractivity contribution < 1.29 is 9.18 Å². The van der Waals surface area contributed by atoms with Crippen molar-refractivity contribution in [2.24, 2.45) is 0 Å². The molecule has 154 valence electrons. The molecule has 0 spiro atoms. The lowest BCUT2D eigenvalue weighted by Crippen LogP contribution is -2.48. The zero-order valence-electron chi connectivity index (χ0n) is 16.8. The van der Waals surface area contributed by atoms with E-state index in [1.54, 1.807) is 12.4 Å². The smallest absolute Gasteiger partial charge is 0.257 e. The molecule has 1 aromatic carbocycles. The number of halogens is 1. The molecule has 0 radical (unpaired) electrons. The molecule has 0 atom stereocenters. The largest absolute Gasteiger partial charge is 0.368 e. The maximum atomic E-state index is 13.1. The maximum absolute atomic E-state index is 13.1. The van der Waals surface area contributed by atoms with Crippen LogP contribution in [-0.2, 0) is 0 Å². The van der Waals surface area contributed by atoms with Gasteiger partial charge < -0.3 is 19.6 Å². The molecule has 7 nitrogen and oxygen atoms in total. The molecule has 3 heterocycles. The minimum Gasteiger partial charge on any atom is -0.368 e. The van der Waals surface area contributed by atoms with Crippen molar-refractivity contribution in [2.75, 3.05) is 68.7 Å². The van der Waals surface area contributed by atoms with E-state index in [1.165, 1.54) is 12.1 Å². The van der Waals surface area contributed by atoms with Gasteiger partial charge >= 0.3 is 0 Å². The Balaban J connectivity index is 1.33. The van der Waals surface area contributed by atoms with Gasteiger partial charge in [0.2, 0.25) is 5.95 Å². The minimum absolute atomic E-state index is 0.00781. The summed E-state index contributed by atoms with van der Waals surface area (Å²) in [6, 6.07) is 6.59. The molecular formula is C21H27FN6O. The van der Waals surface area contributed by atoms with Crippen molar-refractivity contribution >= 4 is 17.5 Å². The number of rotatable bonds is 4. The third kappa shape index (κ3) is 4.48. The Kier molecular flexibility index (Phi) is 5.89. The lowest BCUT2D eigenvalue weighted by molar-refractivity contribution is 0.0642. The van der Waals surface area contributed by atoms with Crippen LogP contribution >= 0.6 is 0 Å². The third-order valence-corrected chi connectivity index (χ3v) is 5.75. The van der Waals surface area contributed by atoms with Gasteiger partial charge in [0.1, 0.15) is 5.82 Å². The van der Waals surface area contributed by atoms with Gasteiger partial charge in [-0.3, -0.25) is 4.79 Å². The lowest BCUT2D eigenvalue weighted by atomic mass is 10.2. The number of nitrogens with zero attached hydrogens (tertiary/aromatic N) is 6. The Labute approximate surface area is 170 Å². The van der Waals surface area contributed by atoms with Crippen LogP contribution in [0, 0.1) is 5.82 Å². The number of benzene rings is 1. The molecule has 1 aromatic heterocycles. The number of carbonyl (C=O) groups is 1. The molecule has 0 unspecified atom stereocenters. The molecule has 2 aliphatic rings. The Morgan fingerprint density at radius 3 is 2.07 bits per heavy atom. The Bertz CT molecular complexity index is 812. The second-order valence-electron chi connectivity index (χ2n) is 7.45. The van der Waals surface area contributed by atoms with E-state index in [4.69, 9.17) is 0 Å². The van der Waals surface area contributed by atoms with E-state index < -0.39 is 0 Å². The molecule has 0 saturated carbocycles. The highest BCUT2D eigenvalue weighted by molar-refractivity contribution is 5.93. The number of aromatic nitrogens is 2. The molecule has 2 aliphatic heterocycles. The van der Waals surface area contributed by atoms with Crippen LogP contribution in [0.2, 0.25) is 0 Å². The van der Waals surface area contributed by atoms with Crippen LogP contribution in [0.5, 0.6) is 0 Å². The number of anilines is 2. The fourth-order valence-corrected chi connectivity index (χ4v) is 3.86. The SMILES string of the molecule is CCN1CCN(C(=O)c2cnc(N3CCN(c4ccc(F)cc4)CC3)nc2)CC1. The summed E-state index contributed by atoms with van der Waals surface area (Å²) in [6.45, 7) is 9.69. The van der Waals surface area contributed by atoms with Crippen molar-refractivity contribution in [2.45, 2.75) is 6.92 Å². The third-order valence-electron chi connectivity index (χ3n) is 5.75. The van der Waals surface area contributed by atoms with E-state index >= 15 is 0 Å². The van der Waals surface area contributed by atoms with Gasteiger partial charge in [-0.15, -0.1) is 0 Å². The summed E-state index contributed by atoms with van der Waals surface area (Å²) < 4.78 is 13.1. The normalized spacial score (nSPS) is 18.2. The zero-order chi connectivity index (χ0) is 20.2. The molecule has 0 N–H and O–H groups in total. The van der Waals surface area contributed by atoms with Gasteiger partial charge in [-0.1, -0.05) is 6.92 Å². The molecular weight excluding hydrogens is 371 g/mol. The Morgan fingerprint density at radius 2 is 1.48 bits per heavy atom. The van der Waals surface area contributed by atoms with Crippen molar-refractivity contribution in [3.8, 4) is 0 Å². The molecule has 4 rings (SSSR count). The maximum Gasteiger partial charge on any atom is 0.257 e. The zero-order valence-corrected chi connectivity index (χ0v) is 16.8. The summed E-state index contributed by atoms with van der Waals surface area (Å²) >= 11 is 0. The van der Waals surface area contributed by atoms with E-state index in [9.17, 15) is 9.18 Å². The predicted molar refractivity (Wildman–Crippen MR) is 111 cm³/mol. The second kappa shape index (κ2) is 8.73. The van der Waals surface area contributed by atoms with Crippen LogP contribution < -0.4 is 9.80 Å². The van der Waals surface area contributed by atoms with Crippen molar-refractivity contribution in [3.05, 3.63) is 48.0 Å². The van der Waals surface area contributed by atoms with Crippen LogP contribution in [-0.4, -0.2) is 84.6 Å². The topological polar surface area (TPSA) is 55.8 Å². The first-order valence-corrected chi connectivity index (χ1v) is 10.2. The summed E-state index contributed by atoms with van der Waals surface area (Å²) in [7, 11) is 0. The molecule has 2 saturated heterocycles. The van der Waals surface area contributed by atoms with Crippen LogP contribution in [0.15, 0.2) is 36.7 Å². The number of amides is 1. The first-order chi connectivity index (χ1) is 14.1. The van der Waals surface area contributed by atoms with Gasteiger partial charge in [-0.25, -0.2) is 14.4 Å². The van der Waals surface area contributed by atoms with Crippen molar-refractivity contribution in [1.82, 2.24) is 19.8 Å². The summed E-state index contributed by atoms with van der Waals surface area (Å²) in [5.74, 6) is 0.437. The van der Waals surface area contributed by atoms with Gasteiger partial charge in [0.25, 0.3) is 5.91 Å². The summed E-state index contributed by atoms with van der Waals surface area (Å²) in [6.07, 6.45) is 3.28. The molecule has 29 heavy (non-hydrogen) atoms. The molecule has 2 fully saturated rings. The number of piperazine rings is 2. The quantitative estimate of drug-likeness (QED) is 0.782. The van der Waals surface area contributed by atoms with Crippen molar-refractivity contribution in [3.63, 3.8) is 0 Å². The first kappa shape index (κ1) is 19.6. The highest BCUT2D eigenvalue weighted by Crippen LogP contribution is 2.19. The summed E-state index contributed by atoms with van der Waals surface area (Å²) in [4.78, 5) is 30.2. The Morgan fingerprint density at radius 1 is 0.897 bits per heavy atom. The van der Waals surface area contributed by atoms with Gasteiger partial charge in [0, 0.05) is 70.4 Å². The van der Waals surface area contributed by atoms with E-state index in [0.29, 0.717) is 11.5 Å². The highest BCUT2D eigenvalue weighted by atomic mass is 19.1. The van der Waals surface area contributed by atoms with E-state index in [1.807, 2.05) is 17.0 Å². The number of carbonyl (C=O) groups excluding carboxylic acids is 1. The van der Waals surface area contributed by atoms with E-state index in [2.05, 4.69) is 31.6 Å². The molecule has 8 heteroatoms. The number of hydrogen-bond acceptors (Lipinski definition) is 6. The van der Waals surface area contributed by atoms with Crippen LogP contribution in [0.4, 0.5) is 16.0 Å². The monoisotopic (exact) mass is 398 g/mol. The standard InChI is InChI=1S/C21H27FN6O/c1-2-25-7-9-27(10-8-25)20(29)17-15-23-21(24-16-17)28-13-11-26(12-14-28)19-5-3-18(22)4-6-19/h3-6,15-16H,2,7-14H2,1H3. The number of likely N-dealkylation sites (N-methyl/N-ethyl adjacent to an activating group) is 1. The summed E-state index contributed by atoms with van der Waals surface area (Å²) in [5, 5.41) is 0. The van der Waals surface area contributed by atoms with E-state index in [-0.39, 0.29) is 11.7 Å². The minimum atomic E-state index is -0.220. The first-order valence-electron chi connectivity index (χ1n) is 10.2. The average Bonchev–Trinajstić information content (AvgIpc) is 2.79. The highest BCUT2D eigenvalue weighted by Gasteiger charge is 2.23. The van der Waals surface area contributed by atoms with Gasteiger partial charge in [0.15, 0.2) is 0 Å². The van der Waals surface area contributed by atoms with Gasteiger partial charge in [-0.05, 0) is 30.8 Å². The second-order valence-corrected chi connectivity index (χ2v) is 7.45. The average molecular weight is 398 g/mol. The fraction of sp³-hybridized carbons (Fsp3) is 0.476. The molecule has 0 aliphatic carbocycles.